The van der Waals surface area contributed by atoms with Crippen LogP contribution in [0.1, 0.15) is 86.8 Å². The van der Waals surface area contributed by atoms with Crippen LogP contribution in [0.2, 0.25) is 0 Å². The van der Waals surface area contributed by atoms with Gasteiger partial charge in [0.05, 0.1) is 27.9 Å². The number of aryl methyl sites for hydroxylation is 2. The van der Waals surface area contributed by atoms with Crippen LogP contribution in [0.25, 0.3) is 55.1 Å². The maximum absolute atomic E-state index is 4.82. The molecule has 0 saturated carbocycles. The van der Waals surface area contributed by atoms with Crippen molar-refractivity contribution in [1.82, 2.24) is 17.5 Å². The van der Waals surface area contributed by atoms with Gasteiger partial charge in [0.25, 0.3) is 0 Å². The average Bonchev–Trinajstić information content (AvgIpc) is 3.85. The molecule has 6 rings (SSSR count). The summed E-state index contributed by atoms with van der Waals surface area (Å²) in [6.07, 6.45) is 16.8. The lowest BCUT2D eigenvalue weighted by Crippen LogP contribution is -1.86. The van der Waals surface area contributed by atoms with Gasteiger partial charge in [0, 0.05) is 30.2 Å². The Bertz CT molecular complexity index is 1900. The summed E-state index contributed by atoms with van der Waals surface area (Å²) in [5, 5.41) is 2.32. The van der Waals surface area contributed by atoms with Gasteiger partial charge in [-0.15, -0.1) is 22.7 Å². The Morgan fingerprint density at radius 1 is 0.682 bits per heavy atom. The molecule has 2 aromatic carbocycles. The third kappa shape index (κ3) is 7.10. The molecule has 0 N–H and O–H groups in total. The first-order valence-corrected chi connectivity index (χ1v) is 20.1. The molecule has 0 aliphatic heterocycles. The average molecular weight is 787 g/mol. The van der Waals surface area contributed by atoms with Gasteiger partial charge in [-0.2, -0.15) is 17.5 Å². The van der Waals surface area contributed by atoms with Crippen molar-refractivity contribution in [2.45, 2.75) is 78.1 Å². The van der Waals surface area contributed by atoms with E-state index in [-0.39, 0.29) is 0 Å². The number of aromatic nitrogens is 4. The number of thiophene rings is 2. The van der Waals surface area contributed by atoms with Crippen LogP contribution < -0.4 is 0 Å². The summed E-state index contributed by atoms with van der Waals surface area (Å²) in [6, 6.07) is 11.4. The van der Waals surface area contributed by atoms with Crippen LogP contribution in [0.4, 0.5) is 0 Å². The largest absolute Gasteiger partial charge is 0.172 e. The molecule has 4 nitrogen and oxygen atoms in total. The first-order chi connectivity index (χ1) is 21.6. The van der Waals surface area contributed by atoms with E-state index in [4.69, 9.17) is 8.75 Å². The van der Waals surface area contributed by atoms with E-state index in [1.807, 2.05) is 22.7 Å². The van der Waals surface area contributed by atoms with Gasteiger partial charge >= 0.3 is 0 Å². The highest BCUT2D eigenvalue weighted by molar-refractivity contribution is 9.11. The molecule has 228 valence electrons. The van der Waals surface area contributed by atoms with Crippen LogP contribution in [0, 0.1) is 0 Å². The number of benzene rings is 2. The van der Waals surface area contributed by atoms with E-state index in [9.17, 15) is 0 Å². The second-order valence-corrected chi connectivity index (χ2v) is 15.8. The van der Waals surface area contributed by atoms with Crippen molar-refractivity contribution < 1.29 is 0 Å². The summed E-state index contributed by atoms with van der Waals surface area (Å²) in [4.78, 5) is 3.83. The van der Waals surface area contributed by atoms with Crippen molar-refractivity contribution in [1.29, 1.82) is 0 Å². The maximum Gasteiger partial charge on any atom is 0.120 e. The highest BCUT2D eigenvalue weighted by atomic mass is 79.9. The van der Waals surface area contributed by atoms with Crippen molar-refractivity contribution in [2.75, 3.05) is 0 Å². The summed E-state index contributed by atoms with van der Waals surface area (Å²) in [5.74, 6) is 0. The fourth-order valence-electron chi connectivity index (χ4n) is 5.50. The van der Waals surface area contributed by atoms with Gasteiger partial charge in [0.1, 0.15) is 22.1 Å². The van der Waals surface area contributed by atoms with E-state index in [0.717, 1.165) is 49.4 Å². The summed E-state index contributed by atoms with van der Waals surface area (Å²) >= 11 is 13.7. The van der Waals surface area contributed by atoms with Gasteiger partial charge in [-0.1, -0.05) is 70.6 Å². The van der Waals surface area contributed by atoms with E-state index < -0.39 is 0 Å². The third-order valence-electron chi connectivity index (χ3n) is 7.93. The van der Waals surface area contributed by atoms with Crippen LogP contribution >= 0.6 is 78.0 Å². The SMILES string of the molecule is CCCCCCc1csc(-c2ccc(-c3cc(CCCCCC)c(/C=C/c4cc(Br)c5nsnc5c4Br)s3)c3nsnc23)c1. The topological polar surface area (TPSA) is 51.6 Å². The number of halogens is 2. The Morgan fingerprint density at radius 2 is 1.34 bits per heavy atom. The predicted molar refractivity (Wildman–Crippen MR) is 201 cm³/mol. The molecule has 44 heavy (non-hydrogen) atoms. The van der Waals surface area contributed by atoms with Crippen LogP contribution in [-0.2, 0) is 12.8 Å². The highest BCUT2D eigenvalue weighted by Crippen LogP contribution is 2.41. The number of fused-ring (bicyclic) bond motifs is 2. The molecule has 0 aliphatic carbocycles. The highest BCUT2D eigenvalue weighted by Gasteiger charge is 2.18. The van der Waals surface area contributed by atoms with Crippen molar-refractivity contribution in [2.24, 2.45) is 0 Å². The van der Waals surface area contributed by atoms with Crippen molar-refractivity contribution in [3.8, 4) is 20.9 Å². The van der Waals surface area contributed by atoms with E-state index in [0.29, 0.717) is 0 Å². The molecule has 0 atom stereocenters. The number of hydrogen-bond donors (Lipinski definition) is 0. The summed E-state index contributed by atoms with van der Waals surface area (Å²) in [5.41, 5.74) is 10.1. The first kappa shape index (κ1) is 32.1. The Morgan fingerprint density at radius 3 is 2.07 bits per heavy atom. The van der Waals surface area contributed by atoms with Crippen molar-refractivity contribution in [3.63, 3.8) is 0 Å². The zero-order chi connectivity index (χ0) is 30.5. The molecule has 0 bridgehead atoms. The zero-order valence-corrected chi connectivity index (χ0v) is 31.3. The molecule has 4 aromatic heterocycles. The van der Waals surface area contributed by atoms with Gasteiger partial charge < -0.3 is 0 Å². The molecule has 0 aliphatic rings. The lowest BCUT2D eigenvalue weighted by Gasteiger charge is -2.03. The molecule has 0 amide bonds. The molecule has 10 heteroatoms. The third-order valence-corrected chi connectivity index (χ3v) is 12.6. The molecule has 0 spiro atoms. The van der Waals surface area contributed by atoms with Crippen molar-refractivity contribution in [3.05, 3.63) is 66.2 Å². The first-order valence-electron chi connectivity index (χ1n) is 15.3. The predicted octanol–water partition coefficient (Wildman–Crippen LogP) is 13.1. The van der Waals surface area contributed by atoms with Gasteiger partial charge in [0.2, 0.25) is 0 Å². The van der Waals surface area contributed by atoms with Crippen LogP contribution in [-0.4, -0.2) is 17.5 Å². The second-order valence-electron chi connectivity index (χ2n) is 11.1. The number of hydrogen-bond acceptors (Lipinski definition) is 8. The Balaban J connectivity index is 1.32. The number of nitrogens with zero attached hydrogens (tertiary/aromatic N) is 4. The molecule has 6 aromatic rings. The number of rotatable bonds is 14. The van der Waals surface area contributed by atoms with Crippen LogP contribution in [0.15, 0.2) is 44.7 Å². The molecular formula is C34H34Br2N4S4. The Hall–Kier alpha value is -1.82. The number of unbranched alkanes of at least 4 members (excludes halogenated alkanes) is 6. The molecule has 0 unspecified atom stereocenters. The molecule has 0 saturated heterocycles. The minimum absolute atomic E-state index is 0.892. The standard InChI is InChI=1S/C34H34Br2N4S4/c1-3-5-7-9-11-21-17-28(41-20-21)24-14-15-25(32-31(24)37-43-38-32)29-19-22(12-10-8-6-4-2)27(42-29)16-13-23-18-26(35)33-34(30(23)36)40-44-39-33/h13-20H,3-12H2,1-2H3/b16-13+. The Labute approximate surface area is 292 Å². The molecular weight excluding hydrogens is 752 g/mol. The maximum atomic E-state index is 4.82. The van der Waals surface area contributed by atoms with Gasteiger partial charge in [-0.3, -0.25) is 0 Å². The van der Waals surface area contributed by atoms with E-state index in [1.165, 1.54) is 112 Å². The van der Waals surface area contributed by atoms with Crippen molar-refractivity contribution >= 4 is 112 Å². The second kappa shape index (κ2) is 15.2. The minimum Gasteiger partial charge on any atom is -0.172 e. The quantitative estimate of drug-likeness (QED) is 0.103. The normalized spacial score (nSPS) is 12.0. The summed E-state index contributed by atoms with van der Waals surface area (Å²) in [6.45, 7) is 4.53. The fraction of sp³-hybridized carbons (Fsp3) is 0.353. The molecule has 0 radical (unpaired) electrons. The minimum atomic E-state index is 0.892. The van der Waals surface area contributed by atoms with E-state index >= 15 is 0 Å². The smallest absolute Gasteiger partial charge is 0.120 e. The lowest BCUT2D eigenvalue weighted by atomic mass is 10.0. The molecule has 0 fully saturated rings. The van der Waals surface area contributed by atoms with Gasteiger partial charge in [-0.05, 0) is 104 Å². The molecule has 4 heterocycles. The summed E-state index contributed by atoms with van der Waals surface area (Å²) in [7, 11) is 0. The fourth-order valence-corrected chi connectivity index (χ4v) is 10.0. The van der Waals surface area contributed by atoms with Crippen LogP contribution in [0.3, 0.4) is 0 Å². The zero-order valence-electron chi connectivity index (χ0n) is 24.9. The van der Waals surface area contributed by atoms with Gasteiger partial charge in [0.15, 0.2) is 0 Å². The summed E-state index contributed by atoms with van der Waals surface area (Å²) < 4.78 is 20.5. The van der Waals surface area contributed by atoms with Crippen LogP contribution in [0.5, 0.6) is 0 Å². The Kier molecular flexibility index (Phi) is 11.1. The van der Waals surface area contributed by atoms with E-state index in [2.05, 4.69) is 102 Å². The monoisotopic (exact) mass is 784 g/mol. The lowest BCUT2D eigenvalue weighted by molar-refractivity contribution is 0.667. The van der Waals surface area contributed by atoms with E-state index in [1.54, 1.807) is 0 Å². The van der Waals surface area contributed by atoms with Gasteiger partial charge in [-0.25, -0.2) is 0 Å².